The molecule has 2 rings (SSSR count). The van der Waals surface area contributed by atoms with Crippen molar-refractivity contribution in [3.63, 3.8) is 0 Å². The number of aromatic nitrogens is 2. The number of carbonyl (C=O) groups excluding carboxylic acids is 2. The molecular formula is C12H19N5O2. The molecule has 104 valence electrons. The molecule has 1 unspecified atom stereocenters. The van der Waals surface area contributed by atoms with Gasteiger partial charge < -0.3 is 15.1 Å². The summed E-state index contributed by atoms with van der Waals surface area (Å²) in [5.41, 5.74) is 0.515. The summed E-state index contributed by atoms with van der Waals surface area (Å²) < 4.78 is 1.58. The van der Waals surface area contributed by atoms with E-state index in [4.69, 9.17) is 0 Å². The summed E-state index contributed by atoms with van der Waals surface area (Å²) in [6.07, 6.45) is 3.20. The first-order chi connectivity index (χ1) is 9.00. The summed E-state index contributed by atoms with van der Waals surface area (Å²) in [6.45, 7) is 1.71. The van der Waals surface area contributed by atoms with E-state index in [-0.39, 0.29) is 11.8 Å². The average Bonchev–Trinajstić information content (AvgIpc) is 2.83. The molecule has 0 spiro atoms. The zero-order chi connectivity index (χ0) is 14.0. The molecule has 1 aliphatic rings. The Bertz CT molecular complexity index is 482. The van der Waals surface area contributed by atoms with Crippen LogP contribution < -0.4 is 5.32 Å². The van der Waals surface area contributed by atoms with Gasteiger partial charge in [-0.25, -0.2) is 0 Å². The average molecular weight is 265 g/mol. The molecule has 7 nitrogen and oxygen atoms in total. The fourth-order valence-electron chi connectivity index (χ4n) is 2.16. The second-order valence-corrected chi connectivity index (χ2v) is 4.85. The van der Waals surface area contributed by atoms with Crippen molar-refractivity contribution in [2.24, 2.45) is 7.05 Å². The second-order valence-electron chi connectivity index (χ2n) is 4.85. The molecule has 2 amide bonds. The van der Waals surface area contributed by atoms with Crippen molar-refractivity contribution in [3.8, 4) is 0 Å². The Hall–Kier alpha value is -1.89. The molecule has 2 heterocycles. The van der Waals surface area contributed by atoms with Crippen LogP contribution in [0.5, 0.6) is 0 Å². The van der Waals surface area contributed by atoms with Gasteiger partial charge in [0.05, 0.1) is 11.8 Å². The van der Waals surface area contributed by atoms with E-state index in [1.165, 1.54) is 11.1 Å². The molecule has 1 aliphatic heterocycles. The van der Waals surface area contributed by atoms with E-state index in [0.29, 0.717) is 25.2 Å². The van der Waals surface area contributed by atoms with Gasteiger partial charge in [-0.3, -0.25) is 14.3 Å². The van der Waals surface area contributed by atoms with Crippen molar-refractivity contribution in [3.05, 3.63) is 18.0 Å². The molecule has 19 heavy (non-hydrogen) atoms. The highest BCUT2D eigenvalue weighted by atomic mass is 16.2. The van der Waals surface area contributed by atoms with Crippen LogP contribution in [0.3, 0.4) is 0 Å². The lowest BCUT2D eigenvalue weighted by Crippen LogP contribution is -2.59. The maximum Gasteiger partial charge on any atom is 0.257 e. The second kappa shape index (κ2) is 5.40. The summed E-state index contributed by atoms with van der Waals surface area (Å²) in [7, 11) is 5.16. The van der Waals surface area contributed by atoms with Crippen molar-refractivity contribution in [2.45, 2.75) is 6.04 Å². The number of aryl methyl sites for hydroxylation is 1. The first-order valence-electron chi connectivity index (χ1n) is 6.22. The quantitative estimate of drug-likeness (QED) is 0.738. The minimum atomic E-state index is -0.448. The number of likely N-dealkylation sites (N-methyl/N-ethyl adjacent to an activating group) is 1. The van der Waals surface area contributed by atoms with Gasteiger partial charge in [0.2, 0.25) is 5.91 Å². The van der Waals surface area contributed by atoms with Crippen LogP contribution in [0.2, 0.25) is 0 Å². The Morgan fingerprint density at radius 3 is 2.79 bits per heavy atom. The SMILES string of the molecule is CN(C)C(=O)C1CNCCN1C(=O)c1cnn(C)c1. The van der Waals surface area contributed by atoms with Crippen molar-refractivity contribution < 1.29 is 9.59 Å². The zero-order valence-corrected chi connectivity index (χ0v) is 11.5. The predicted octanol–water partition coefficient (Wildman–Crippen LogP) is -1.08. The molecule has 1 atom stereocenters. The topological polar surface area (TPSA) is 70.5 Å². The number of rotatable bonds is 2. The molecule has 1 aromatic heterocycles. The van der Waals surface area contributed by atoms with E-state index in [1.807, 2.05) is 0 Å². The summed E-state index contributed by atoms with van der Waals surface area (Å²) in [5.74, 6) is -0.209. The van der Waals surface area contributed by atoms with Gasteiger partial charge in [0.1, 0.15) is 6.04 Å². The fourth-order valence-corrected chi connectivity index (χ4v) is 2.16. The Morgan fingerprint density at radius 1 is 1.47 bits per heavy atom. The molecule has 0 aliphatic carbocycles. The van der Waals surface area contributed by atoms with Crippen LogP contribution >= 0.6 is 0 Å². The smallest absolute Gasteiger partial charge is 0.257 e. The van der Waals surface area contributed by atoms with E-state index in [2.05, 4.69) is 10.4 Å². The highest BCUT2D eigenvalue weighted by Gasteiger charge is 2.33. The van der Waals surface area contributed by atoms with Crippen LogP contribution in [-0.2, 0) is 11.8 Å². The van der Waals surface area contributed by atoms with Crippen molar-refractivity contribution >= 4 is 11.8 Å². The van der Waals surface area contributed by atoms with Gasteiger partial charge in [-0.1, -0.05) is 0 Å². The van der Waals surface area contributed by atoms with E-state index < -0.39 is 6.04 Å². The van der Waals surface area contributed by atoms with Gasteiger partial charge in [-0.15, -0.1) is 0 Å². The largest absolute Gasteiger partial charge is 0.347 e. The third kappa shape index (κ3) is 2.76. The maximum absolute atomic E-state index is 12.4. The Morgan fingerprint density at radius 2 is 2.21 bits per heavy atom. The third-order valence-corrected chi connectivity index (χ3v) is 3.18. The van der Waals surface area contributed by atoms with Gasteiger partial charge in [-0.2, -0.15) is 5.10 Å². The van der Waals surface area contributed by atoms with Crippen molar-refractivity contribution in [1.29, 1.82) is 0 Å². The normalized spacial score (nSPS) is 19.3. The number of piperazine rings is 1. The van der Waals surface area contributed by atoms with Gasteiger partial charge >= 0.3 is 0 Å². The number of hydrogen-bond acceptors (Lipinski definition) is 4. The van der Waals surface area contributed by atoms with Crippen LogP contribution in [0, 0.1) is 0 Å². The fraction of sp³-hybridized carbons (Fsp3) is 0.583. The highest BCUT2D eigenvalue weighted by Crippen LogP contribution is 2.11. The molecule has 0 aromatic carbocycles. The number of amides is 2. The van der Waals surface area contributed by atoms with Gasteiger partial charge in [0.25, 0.3) is 5.91 Å². The summed E-state index contributed by atoms with van der Waals surface area (Å²) in [5, 5.41) is 7.15. The summed E-state index contributed by atoms with van der Waals surface area (Å²) in [4.78, 5) is 27.7. The van der Waals surface area contributed by atoms with Crippen LogP contribution in [0.4, 0.5) is 0 Å². The number of carbonyl (C=O) groups is 2. The summed E-state index contributed by atoms with van der Waals surface area (Å²) >= 11 is 0. The third-order valence-electron chi connectivity index (χ3n) is 3.18. The molecule has 0 bridgehead atoms. The molecule has 7 heteroatoms. The Labute approximate surface area is 112 Å². The van der Waals surface area contributed by atoms with Gasteiger partial charge in [0.15, 0.2) is 0 Å². The lowest BCUT2D eigenvalue weighted by molar-refractivity contribution is -0.134. The number of nitrogens with zero attached hydrogens (tertiary/aromatic N) is 4. The zero-order valence-electron chi connectivity index (χ0n) is 11.5. The highest BCUT2D eigenvalue weighted by molar-refractivity contribution is 5.97. The molecular weight excluding hydrogens is 246 g/mol. The van der Waals surface area contributed by atoms with E-state index in [9.17, 15) is 9.59 Å². The molecule has 0 radical (unpaired) electrons. The first-order valence-corrected chi connectivity index (χ1v) is 6.22. The molecule has 1 saturated heterocycles. The monoisotopic (exact) mass is 265 g/mol. The molecule has 1 N–H and O–H groups in total. The maximum atomic E-state index is 12.4. The molecule has 1 fully saturated rings. The van der Waals surface area contributed by atoms with E-state index in [1.54, 1.807) is 36.9 Å². The minimum Gasteiger partial charge on any atom is -0.347 e. The van der Waals surface area contributed by atoms with Crippen LogP contribution in [0.15, 0.2) is 12.4 Å². The molecule has 0 saturated carbocycles. The summed E-state index contributed by atoms with van der Waals surface area (Å²) in [6, 6.07) is -0.448. The van der Waals surface area contributed by atoms with Crippen molar-refractivity contribution in [1.82, 2.24) is 24.9 Å². The number of hydrogen-bond donors (Lipinski definition) is 1. The predicted molar refractivity (Wildman–Crippen MR) is 69.6 cm³/mol. The van der Waals surface area contributed by atoms with E-state index in [0.717, 1.165) is 0 Å². The Balaban J connectivity index is 2.20. The molecule has 1 aromatic rings. The van der Waals surface area contributed by atoms with Gasteiger partial charge in [0, 0.05) is 47.0 Å². The minimum absolute atomic E-state index is 0.0653. The lowest BCUT2D eigenvalue weighted by atomic mass is 10.1. The van der Waals surface area contributed by atoms with Crippen LogP contribution in [0.1, 0.15) is 10.4 Å². The lowest BCUT2D eigenvalue weighted by Gasteiger charge is -2.36. The number of nitrogens with one attached hydrogen (secondary N) is 1. The Kier molecular flexibility index (Phi) is 3.84. The van der Waals surface area contributed by atoms with Crippen LogP contribution in [-0.4, -0.2) is 71.2 Å². The van der Waals surface area contributed by atoms with Crippen LogP contribution in [0.25, 0.3) is 0 Å². The van der Waals surface area contributed by atoms with Gasteiger partial charge in [-0.05, 0) is 0 Å². The van der Waals surface area contributed by atoms with Crippen molar-refractivity contribution in [2.75, 3.05) is 33.7 Å². The first kappa shape index (κ1) is 13.5. The standard InChI is InChI=1S/C12H19N5O2/c1-15(2)12(19)10-7-13-4-5-17(10)11(18)9-6-14-16(3)8-9/h6,8,10,13H,4-5,7H2,1-3H3. The van der Waals surface area contributed by atoms with E-state index >= 15 is 0 Å².